The van der Waals surface area contributed by atoms with E-state index in [9.17, 15) is 4.79 Å². The summed E-state index contributed by atoms with van der Waals surface area (Å²) in [5.74, 6) is 3.43. The quantitative estimate of drug-likeness (QED) is 0.393. The molecule has 29 heavy (non-hydrogen) atoms. The number of carbonyl (C=O) groups excluding carboxylic acids is 1. The molecular weight excluding hydrogens is 390 g/mol. The van der Waals surface area contributed by atoms with Gasteiger partial charge in [0.25, 0.3) is 0 Å². The molecule has 2 heterocycles. The van der Waals surface area contributed by atoms with Crippen molar-refractivity contribution in [1.82, 2.24) is 14.8 Å². The number of hydrogen-bond donors (Lipinski definition) is 0. The molecule has 8 heteroatoms. The monoisotopic (exact) mass is 415 g/mol. The van der Waals surface area contributed by atoms with Crippen LogP contribution in [0.3, 0.4) is 0 Å². The van der Waals surface area contributed by atoms with E-state index in [0.717, 1.165) is 28.8 Å². The molecule has 0 bridgehead atoms. The van der Waals surface area contributed by atoms with Gasteiger partial charge in [-0.05, 0) is 43.2 Å². The number of aromatic nitrogens is 3. The number of ether oxygens (including phenoxy) is 2. The smallest absolute Gasteiger partial charge is 0.341 e. The number of hydrogen-bond acceptors (Lipinski definition) is 7. The number of aryl methyl sites for hydroxylation is 1. The fourth-order valence-corrected chi connectivity index (χ4v) is 3.77. The Labute approximate surface area is 174 Å². The van der Waals surface area contributed by atoms with E-state index in [2.05, 4.69) is 28.6 Å². The zero-order valence-electron chi connectivity index (χ0n) is 17.3. The second-order valence-electron chi connectivity index (χ2n) is 7.00. The van der Waals surface area contributed by atoms with Crippen molar-refractivity contribution >= 4 is 17.7 Å². The molecule has 0 atom stereocenters. The van der Waals surface area contributed by atoms with Crippen LogP contribution < -0.4 is 4.74 Å². The van der Waals surface area contributed by atoms with Crippen LogP contribution in [-0.2, 0) is 17.0 Å². The van der Waals surface area contributed by atoms with E-state index in [0.29, 0.717) is 28.8 Å². The van der Waals surface area contributed by atoms with Crippen LogP contribution in [-0.4, -0.2) is 35.0 Å². The van der Waals surface area contributed by atoms with E-state index in [1.807, 2.05) is 24.3 Å². The predicted octanol–water partition coefficient (Wildman–Crippen LogP) is 4.59. The van der Waals surface area contributed by atoms with Crippen LogP contribution in [0.25, 0.3) is 11.4 Å². The topological polar surface area (TPSA) is 79.4 Å². The number of rotatable bonds is 8. The summed E-state index contributed by atoms with van der Waals surface area (Å²) in [5.41, 5.74) is 1.43. The van der Waals surface area contributed by atoms with Gasteiger partial charge in [-0.25, -0.2) is 4.79 Å². The molecular formula is C21H25N3O4S. The zero-order valence-corrected chi connectivity index (χ0v) is 18.1. The van der Waals surface area contributed by atoms with Gasteiger partial charge in [-0.2, -0.15) is 0 Å². The Morgan fingerprint density at radius 3 is 2.55 bits per heavy atom. The zero-order chi connectivity index (χ0) is 21.0. The molecule has 7 nitrogen and oxygen atoms in total. The molecule has 1 aromatic carbocycles. The first-order chi connectivity index (χ1) is 13.9. The summed E-state index contributed by atoms with van der Waals surface area (Å²) in [6.07, 6.45) is 0. The van der Waals surface area contributed by atoms with E-state index >= 15 is 0 Å². The summed E-state index contributed by atoms with van der Waals surface area (Å²) >= 11 is 1.53. The Balaban J connectivity index is 1.83. The molecule has 0 radical (unpaired) electrons. The molecule has 0 saturated carbocycles. The van der Waals surface area contributed by atoms with Crippen LogP contribution in [0, 0.1) is 12.8 Å². The summed E-state index contributed by atoms with van der Waals surface area (Å²) in [6.45, 7) is 6.86. The largest absolute Gasteiger partial charge is 0.497 e. The van der Waals surface area contributed by atoms with Crippen molar-refractivity contribution < 1.29 is 18.7 Å². The molecule has 0 aliphatic rings. The number of benzene rings is 1. The first-order valence-electron chi connectivity index (χ1n) is 9.31. The number of thioether (sulfide) groups is 1. The van der Waals surface area contributed by atoms with E-state index in [-0.39, 0.29) is 0 Å². The van der Waals surface area contributed by atoms with Crippen LogP contribution in [0.1, 0.15) is 35.7 Å². The fourth-order valence-electron chi connectivity index (χ4n) is 2.94. The standard InChI is InChI=1S/C21H25N3O4S/c1-13(2)11-24-19(15-6-8-16(26-4)9-7-15)22-23-21(24)29-12-17-10-18(14(3)28-17)20(25)27-5/h6-10,13H,11-12H2,1-5H3. The van der Waals surface area contributed by atoms with Crippen LogP contribution >= 0.6 is 11.8 Å². The number of furan rings is 1. The van der Waals surface area contributed by atoms with Gasteiger partial charge in [0.1, 0.15) is 22.8 Å². The summed E-state index contributed by atoms with van der Waals surface area (Å²) < 4.78 is 17.8. The lowest BCUT2D eigenvalue weighted by Gasteiger charge is -2.12. The SMILES string of the molecule is COC(=O)c1cc(CSc2nnc(-c3ccc(OC)cc3)n2CC(C)C)oc1C. The van der Waals surface area contributed by atoms with Gasteiger partial charge in [-0.3, -0.25) is 0 Å². The van der Waals surface area contributed by atoms with Gasteiger partial charge in [-0.15, -0.1) is 10.2 Å². The third-order valence-corrected chi connectivity index (χ3v) is 5.32. The van der Waals surface area contributed by atoms with Gasteiger partial charge in [0, 0.05) is 12.1 Å². The van der Waals surface area contributed by atoms with E-state index in [1.54, 1.807) is 20.1 Å². The average molecular weight is 416 g/mol. The molecule has 0 amide bonds. The minimum atomic E-state index is -0.396. The van der Waals surface area contributed by atoms with Crippen molar-refractivity contribution in [3.63, 3.8) is 0 Å². The number of esters is 1. The minimum Gasteiger partial charge on any atom is -0.497 e. The van der Waals surface area contributed by atoms with Crippen LogP contribution in [0.5, 0.6) is 5.75 Å². The average Bonchev–Trinajstić information content (AvgIpc) is 3.28. The van der Waals surface area contributed by atoms with Gasteiger partial charge in [0.15, 0.2) is 11.0 Å². The first-order valence-corrected chi connectivity index (χ1v) is 10.3. The van der Waals surface area contributed by atoms with E-state index in [1.165, 1.54) is 18.9 Å². The van der Waals surface area contributed by atoms with Crippen molar-refractivity contribution in [2.75, 3.05) is 14.2 Å². The highest BCUT2D eigenvalue weighted by atomic mass is 32.2. The molecule has 0 fully saturated rings. The van der Waals surface area contributed by atoms with E-state index in [4.69, 9.17) is 13.9 Å². The highest BCUT2D eigenvalue weighted by Crippen LogP contribution is 2.29. The van der Waals surface area contributed by atoms with Crippen molar-refractivity contribution in [3.05, 3.63) is 47.4 Å². The van der Waals surface area contributed by atoms with Gasteiger partial charge in [0.05, 0.1) is 20.0 Å². The van der Waals surface area contributed by atoms with Gasteiger partial charge >= 0.3 is 5.97 Å². The molecule has 2 aromatic heterocycles. The lowest BCUT2D eigenvalue weighted by molar-refractivity contribution is 0.0599. The summed E-state index contributed by atoms with van der Waals surface area (Å²) in [6, 6.07) is 9.51. The van der Waals surface area contributed by atoms with Gasteiger partial charge < -0.3 is 18.5 Å². The molecule has 0 saturated heterocycles. The molecule has 154 valence electrons. The summed E-state index contributed by atoms with van der Waals surface area (Å²) in [7, 11) is 3.01. The van der Waals surface area contributed by atoms with Crippen molar-refractivity contribution in [2.24, 2.45) is 5.92 Å². The number of nitrogens with zero attached hydrogens (tertiary/aromatic N) is 3. The van der Waals surface area contributed by atoms with Gasteiger partial charge in [-0.1, -0.05) is 25.6 Å². The van der Waals surface area contributed by atoms with Crippen LogP contribution in [0.4, 0.5) is 0 Å². The lowest BCUT2D eigenvalue weighted by Crippen LogP contribution is -2.07. The highest BCUT2D eigenvalue weighted by Gasteiger charge is 2.19. The predicted molar refractivity (Wildman–Crippen MR) is 111 cm³/mol. The third kappa shape index (κ3) is 4.82. The fraction of sp³-hybridized carbons (Fsp3) is 0.381. The second-order valence-corrected chi connectivity index (χ2v) is 7.94. The molecule has 3 aromatic rings. The minimum absolute atomic E-state index is 0.396. The lowest BCUT2D eigenvalue weighted by atomic mass is 10.2. The van der Waals surface area contributed by atoms with Crippen molar-refractivity contribution in [3.8, 4) is 17.1 Å². The number of carbonyl (C=O) groups is 1. The molecule has 0 N–H and O–H groups in total. The normalized spacial score (nSPS) is 11.1. The molecule has 3 rings (SSSR count). The first kappa shape index (κ1) is 21.0. The Kier molecular flexibility index (Phi) is 6.64. The maximum atomic E-state index is 11.8. The Bertz CT molecular complexity index is 976. The number of methoxy groups -OCH3 is 2. The Hall–Kier alpha value is -2.74. The summed E-state index contributed by atoms with van der Waals surface area (Å²) in [5, 5.41) is 9.62. The van der Waals surface area contributed by atoms with Crippen LogP contribution in [0.15, 0.2) is 39.9 Å². The molecule has 0 spiro atoms. The van der Waals surface area contributed by atoms with E-state index < -0.39 is 5.97 Å². The maximum absolute atomic E-state index is 11.8. The Morgan fingerprint density at radius 2 is 1.93 bits per heavy atom. The molecule has 0 aliphatic heterocycles. The molecule has 0 unspecified atom stereocenters. The molecule has 0 aliphatic carbocycles. The van der Waals surface area contributed by atoms with Gasteiger partial charge in [0.2, 0.25) is 0 Å². The van der Waals surface area contributed by atoms with Crippen LogP contribution in [0.2, 0.25) is 0 Å². The van der Waals surface area contributed by atoms with Crippen molar-refractivity contribution in [2.45, 2.75) is 38.2 Å². The summed E-state index contributed by atoms with van der Waals surface area (Å²) in [4.78, 5) is 11.8. The maximum Gasteiger partial charge on any atom is 0.341 e. The highest BCUT2D eigenvalue weighted by molar-refractivity contribution is 7.98. The third-order valence-electron chi connectivity index (χ3n) is 4.33. The van der Waals surface area contributed by atoms with Crippen molar-refractivity contribution in [1.29, 1.82) is 0 Å². The Morgan fingerprint density at radius 1 is 1.21 bits per heavy atom. The second kappa shape index (κ2) is 9.17.